The molecule has 0 spiro atoms. The third kappa shape index (κ3) is 3.96. The lowest BCUT2D eigenvalue weighted by Crippen LogP contribution is -2.39. The molecule has 1 N–H and O–H groups in total. The number of hydrogen-bond acceptors (Lipinski definition) is 2. The van der Waals surface area contributed by atoms with Gasteiger partial charge in [-0.3, -0.25) is 4.79 Å². The average molecular weight is 303 g/mol. The fourth-order valence-corrected chi connectivity index (χ4v) is 2.06. The normalized spacial score (nSPS) is 11.3. The lowest BCUT2D eigenvalue weighted by atomic mass is 9.96. The molecule has 0 bridgehead atoms. The van der Waals surface area contributed by atoms with Crippen LogP contribution in [0.4, 0.5) is 13.2 Å². The summed E-state index contributed by atoms with van der Waals surface area (Å²) in [5.74, 6) is -2.25. The molecule has 21 heavy (non-hydrogen) atoms. The Balaban J connectivity index is 3.35. The van der Waals surface area contributed by atoms with Crippen molar-refractivity contribution in [2.45, 2.75) is 26.9 Å². The summed E-state index contributed by atoms with van der Waals surface area (Å²) in [4.78, 5) is 24.2. The summed E-state index contributed by atoms with van der Waals surface area (Å²) in [7, 11) is 0. The van der Waals surface area contributed by atoms with E-state index in [1.807, 2.05) is 0 Å². The molecule has 0 heterocycles. The minimum absolute atomic E-state index is 0.162. The van der Waals surface area contributed by atoms with E-state index >= 15 is 0 Å². The molecule has 0 aliphatic carbocycles. The first kappa shape index (κ1) is 17.0. The molecule has 0 saturated carbocycles. The number of alkyl halides is 3. The molecule has 4 nitrogen and oxygen atoms in total. The molecule has 7 heteroatoms. The lowest BCUT2D eigenvalue weighted by Gasteiger charge is -2.24. The van der Waals surface area contributed by atoms with Crippen LogP contribution >= 0.6 is 0 Å². The Hall–Kier alpha value is -2.05. The number of carbonyl (C=O) groups excluding carboxylic acids is 1. The van der Waals surface area contributed by atoms with Gasteiger partial charge in [-0.25, -0.2) is 4.79 Å². The number of benzene rings is 1. The van der Waals surface area contributed by atoms with Gasteiger partial charge in [-0.05, 0) is 31.9 Å². The van der Waals surface area contributed by atoms with Crippen LogP contribution in [0.2, 0.25) is 0 Å². The Morgan fingerprint density at radius 3 is 2.00 bits per heavy atom. The summed E-state index contributed by atoms with van der Waals surface area (Å²) in [5, 5.41) is 9.21. The highest BCUT2D eigenvalue weighted by molar-refractivity contribution is 6.06. The molecule has 0 unspecified atom stereocenters. The number of carboxylic acid groups (broad SMARTS) is 1. The molecule has 0 radical (unpaired) electrons. The van der Waals surface area contributed by atoms with Gasteiger partial charge in [0.1, 0.15) is 6.54 Å². The zero-order chi connectivity index (χ0) is 16.4. The van der Waals surface area contributed by atoms with Crippen molar-refractivity contribution in [2.24, 2.45) is 0 Å². The predicted octanol–water partition coefficient (Wildman–Crippen LogP) is 3.03. The maximum Gasteiger partial charge on any atom is 0.406 e. The lowest BCUT2D eigenvalue weighted by molar-refractivity contribution is -0.140. The second-order valence-electron chi connectivity index (χ2n) is 4.69. The van der Waals surface area contributed by atoms with E-state index in [9.17, 15) is 27.9 Å². The fourth-order valence-electron chi connectivity index (χ4n) is 2.06. The highest BCUT2D eigenvalue weighted by Crippen LogP contribution is 2.23. The molecule has 1 aromatic carbocycles. The molecular weight excluding hydrogens is 287 g/mol. The van der Waals surface area contributed by atoms with Crippen molar-refractivity contribution in [1.82, 2.24) is 4.90 Å². The van der Waals surface area contributed by atoms with Gasteiger partial charge in [-0.1, -0.05) is 12.1 Å². The number of aryl methyl sites for hydroxylation is 2. The number of carboxylic acids is 1. The van der Waals surface area contributed by atoms with Gasteiger partial charge in [-0.2, -0.15) is 13.2 Å². The molecule has 0 atom stereocenters. The fraction of sp³-hybridized carbons (Fsp3) is 0.429. The number of halogens is 3. The Morgan fingerprint density at radius 2 is 1.62 bits per heavy atom. The molecule has 116 valence electrons. The maximum absolute atomic E-state index is 12.5. The van der Waals surface area contributed by atoms with Gasteiger partial charge < -0.3 is 10.0 Å². The number of aromatic carboxylic acids is 1. The highest BCUT2D eigenvalue weighted by atomic mass is 19.4. The average Bonchev–Trinajstić information content (AvgIpc) is 2.36. The van der Waals surface area contributed by atoms with Crippen molar-refractivity contribution in [2.75, 3.05) is 13.1 Å². The van der Waals surface area contributed by atoms with Crippen LogP contribution in [0.25, 0.3) is 0 Å². The van der Waals surface area contributed by atoms with E-state index in [0.29, 0.717) is 16.0 Å². The SMILES string of the molecule is CCN(CC(F)(F)F)C(=O)c1c(C)ccc(C)c1C(=O)O. The third-order valence-corrected chi connectivity index (χ3v) is 3.09. The van der Waals surface area contributed by atoms with Crippen LogP contribution in [0.1, 0.15) is 38.8 Å². The van der Waals surface area contributed by atoms with Crippen LogP contribution in [-0.2, 0) is 0 Å². The second-order valence-corrected chi connectivity index (χ2v) is 4.69. The van der Waals surface area contributed by atoms with E-state index in [4.69, 9.17) is 0 Å². The van der Waals surface area contributed by atoms with Crippen molar-refractivity contribution in [3.63, 3.8) is 0 Å². The van der Waals surface area contributed by atoms with Crippen LogP contribution in [0.3, 0.4) is 0 Å². The number of nitrogens with zero attached hydrogens (tertiary/aromatic N) is 1. The molecular formula is C14H16F3NO3. The summed E-state index contributed by atoms with van der Waals surface area (Å²) in [5.41, 5.74) is 0.234. The first-order chi connectivity index (χ1) is 9.58. The van der Waals surface area contributed by atoms with E-state index in [2.05, 4.69) is 0 Å². The maximum atomic E-state index is 12.5. The highest BCUT2D eigenvalue weighted by Gasteiger charge is 2.34. The molecule has 1 aromatic rings. The Labute approximate surface area is 120 Å². The van der Waals surface area contributed by atoms with Crippen molar-refractivity contribution >= 4 is 11.9 Å². The van der Waals surface area contributed by atoms with Crippen LogP contribution in [0.5, 0.6) is 0 Å². The molecule has 0 fully saturated rings. The predicted molar refractivity (Wildman–Crippen MR) is 70.5 cm³/mol. The zero-order valence-electron chi connectivity index (χ0n) is 11.9. The number of hydrogen-bond donors (Lipinski definition) is 1. The van der Waals surface area contributed by atoms with E-state index in [-0.39, 0.29) is 17.7 Å². The van der Waals surface area contributed by atoms with Gasteiger partial charge in [0.15, 0.2) is 0 Å². The summed E-state index contributed by atoms with van der Waals surface area (Å²) in [6, 6.07) is 3.05. The Kier molecular flexibility index (Phi) is 4.98. The smallest absolute Gasteiger partial charge is 0.406 e. The van der Waals surface area contributed by atoms with E-state index in [0.717, 1.165) is 0 Å². The largest absolute Gasteiger partial charge is 0.478 e. The standard InChI is InChI=1S/C14H16F3NO3/c1-4-18(7-14(15,16)17)12(19)10-8(2)5-6-9(3)11(10)13(20)21/h5-6H,4,7H2,1-3H3,(H,20,21). The topological polar surface area (TPSA) is 57.6 Å². The number of carbonyl (C=O) groups is 2. The zero-order valence-corrected chi connectivity index (χ0v) is 11.9. The van der Waals surface area contributed by atoms with Crippen molar-refractivity contribution < 1.29 is 27.9 Å². The minimum Gasteiger partial charge on any atom is -0.478 e. The number of amides is 1. The van der Waals surface area contributed by atoms with E-state index in [1.165, 1.54) is 32.9 Å². The first-order valence-corrected chi connectivity index (χ1v) is 6.28. The summed E-state index contributed by atoms with van der Waals surface area (Å²) in [6.07, 6.45) is -4.53. The molecule has 0 aromatic heterocycles. The van der Waals surface area contributed by atoms with Gasteiger partial charge in [0, 0.05) is 6.54 Å². The molecule has 0 saturated heterocycles. The van der Waals surface area contributed by atoms with Crippen LogP contribution in [0, 0.1) is 13.8 Å². The van der Waals surface area contributed by atoms with Crippen molar-refractivity contribution in [1.29, 1.82) is 0 Å². The molecule has 1 amide bonds. The third-order valence-electron chi connectivity index (χ3n) is 3.09. The van der Waals surface area contributed by atoms with Gasteiger partial charge >= 0.3 is 12.1 Å². The number of rotatable bonds is 4. The monoisotopic (exact) mass is 303 g/mol. The second kappa shape index (κ2) is 6.15. The molecule has 0 aliphatic heterocycles. The summed E-state index contributed by atoms with van der Waals surface area (Å²) < 4.78 is 37.5. The minimum atomic E-state index is -4.53. The van der Waals surface area contributed by atoms with E-state index in [1.54, 1.807) is 0 Å². The molecule has 0 aliphatic rings. The summed E-state index contributed by atoms with van der Waals surface area (Å²) >= 11 is 0. The first-order valence-electron chi connectivity index (χ1n) is 6.28. The Morgan fingerprint density at radius 1 is 1.14 bits per heavy atom. The van der Waals surface area contributed by atoms with Crippen LogP contribution in [-0.4, -0.2) is 41.1 Å². The van der Waals surface area contributed by atoms with Gasteiger partial charge in [0.25, 0.3) is 5.91 Å². The van der Waals surface area contributed by atoms with E-state index < -0.39 is 24.6 Å². The van der Waals surface area contributed by atoms with Gasteiger partial charge in [-0.15, -0.1) is 0 Å². The molecule has 1 rings (SSSR count). The van der Waals surface area contributed by atoms with Crippen molar-refractivity contribution in [3.05, 3.63) is 34.4 Å². The quantitative estimate of drug-likeness (QED) is 0.930. The van der Waals surface area contributed by atoms with Gasteiger partial charge in [0.2, 0.25) is 0 Å². The van der Waals surface area contributed by atoms with Crippen LogP contribution < -0.4 is 0 Å². The summed E-state index contributed by atoms with van der Waals surface area (Å²) in [6.45, 7) is 2.84. The van der Waals surface area contributed by atoms with Crippen LogP contribution in [0.15, 0.2) is 12.1 Å². The van der Waals surface area contributed by atoms with Gasteiger partial charge in [0.05, 0.1) is 11.1 Å². The van der Waals surface area contributed by atoms with Crippen molar-refractivity contribution in [3.8, 4) is 0 Å². The Bertz CT molecular complexity index is 567.